The average molecular weight is 465 g/mol. The van der Waals surface area contributed by atoms with E-state index in [0.29, 0.717) is 22.5 Å². The number of ether oxygens (including phenoxy) is 2. The van der Waals surface area contributed by atoms with Crippen LogP contribution >= 0.6 is 0 Å². The zero-order valence-corrected chi connectivity index (χ0v) is 19.1. The highest BCUT2D eigenvalue weighted by Gasteiger charge is 2.46. The predicted molar refractivity (Wildman–Crippen MR) is 120 cm³/mol. The number of carbonyl (C=O) groups excluding carboxylic acids is 2. The molecule has 2 aromatic rings. The quantitative estimate of drug-likeness (QED) is 0.533. The molecule has 1 aromatic heterocycles. The molecule has 0 saturated heterocycles. The Morgan fingerprint density at radius 3 is 2.47 bits per heavy atom. The van der Waals surface area contributed by atoms with Crippen LogP contribution in [0.2, 0.25) is 0 Å². The molecule has 2 heterocycles. The summed E-state index contributed by atoms with van der Waals surface area (Å²) in [4.78, 5) is 52.0. The van der Waals surface area contributed by atoms with Crippen LogP contribution in [0, 0.1) is 0 Å². The van der Waals surface area contributed by atoms with Gasteiger partial charge in [-0.25, -0.2) is 23.5 Å². The Bertz CT molecular complexity index is 1500. The number of aromatic nitrogens is 3. The smallest absolute Gasteiger partial charge is 0.347 e. The zero-order chi connectivity index (χ0) is 24.5. The maximum Gasteiger partial charge on any atom is 0.347 e. The molecule has 1 N–H and O–H groups in total. The number of hydrogen-bond donors (Lipinski definition) is 1. The van der Waals surface area contributed by atoms with E-state index in [9.17, 15) is 24.3 Å². The number of carbonyl (C=O) groups is 2. The predicted octanol–water partition coefficient (Wildman–Crippen LogP) is 1.13. The summed E-state index contributed by atoms with van der Waals surface area (Å²) >= 11 is 0. The van der Waals surface area contributed by atoms with Gasteiger partial charge in [-0.15, -0.1) is 0 Å². The SMILES string of the molecule is COc1cc(O)c([C@H]2C3=CCn4c(=O)n(C)c(=O)n4[C@@H]3CC3=C2C(=O)C(C)=CC3=O)c(OC)c1. The van der Waals surface area contributed by atoms with Gasteiger partial charge in [-0.3, -0.25) is 9.59 Å². The van der Waals surface area contributed by atoms with Gasteiger partial charge in [0.2, 0.25) is 0 Å². The van der Waals surface area contributed by atoms with E-state index in [4.69, 9.17) is 9.47 Å². The molecule has 0 unspecified atom stereocenters. The van der Waals surface area contributed by atoms with Crippen LogP contribution in [0.5, 0.6) is 17.2 Å². The van der Waals surface area contributed by atoms with E-state index < -0.39 is 23.3 Å². The van der Waals surface area contributed by atoms with Crippen LogP contribution in [-0.2, 0) is 23.2 Å². The maximum atomic E-state index is 13.4. The van der Waals surface area contributed by atoms with Gasteiger partial charge in [0, 0.05) is 53.8 Å². The molecule has 10 heteroatoms. The minimum Gasteiger partial charge on any atom is -0.507 e. The molecule has 10 nitrogen and oxygen atoms in total. The van der Waals surface area contributed by atoms with E-state index in [1.54, 1.807) is 19.1 Å². The molecule has 0 spiro atoms. The van der Waals surface area contributed by atoms with Crippen molar-refractivity contribution in [1.29, 1.82) is 0 Å². The second-order valence-corrected chi connectivity index (χ2v) is 8.58. The largest absolute Gasteiger partial charge is 0.507 e. The molecule has 5 rings (SSSR count). The first-order valence-corrected chi connectivity index (χ1v) is 10.7. The number of methoxy groups -OCH3 is 2. The van der Waals surface area contributed by atoms with Gasteiger partial charge >= 0.3 is 11.4 Å². The normalized spacial score (nSPS) is 21.4. The van der Waals surface area contributed by atoms with Crippen LogP contribution in [0.3, 0.4) is 0 Å². The van der Waals surface area contributed by atoms with E-state index in [2.05, 4.69) is 0 Å². The van der Waals surface area contributed by atoms with Crippen molar-refractivity contribution in [3.8, 4) is 17.2 Å². The van der Waals surface area contributed by atoms with Gasteiger partial charge < -0.3 is 14.6 Å². The molecule has 2 atom stereocenters. The minimum absolute atomic E-state index is 0.0780. The zero-order valence-electron chi connectivity index (χ0n) is 19.1. The number of aromatic hydroxyl groups is 1. The number of Topliss-reactive ketones (excluding diaryl/α,β-unsaturated/α-hetero) is 1. The van der Waals surface area contributed by atoms with E-state index in [1.807, 2.05) is 0 Å². The summed E-state index contributed by atoms with van der Waals surface area (Å²) in [5.74, 6) is -1.04. The molecule has 34 heavy (non-hydrogen) atoms. The van der Waals surface area contributed by atoms with Gasteiger partial charge in [0.05, 0.1) is 26.8 Å². The third-order valence-corrected chi connectivity index (χ3v) is 6.86. The van der Waals surface area contributed by atoms with Crippen molar-refractivity contribution in [2.75, 3.05) is 14.2 Å². The van der Waals surface area contributed by atoms with Crippen molar-refractivity contribution in [3.05, 3.63) is 73.1 Å². The molecular weight excluding hydrogens is 442 g/mol. The van der Waals surface area contributed by atoms with Crippen LogP contribution < -0.4 is 20.9 Å². The lowest BCUT2D eigenvalue weighted by molar-refractivity contribution is -0.116. The molecule has 176 valence electrons. The summed E-state index contributed by atoms with van der Waals surface area (Å²) in [6.07, 6.45) is 3.16. The third kappa shape index (κ3) is 2.81. The lowest BCUT2D eigenvalue weighted by Gasteiger charge is -2.40. The third-order valence-electron chi connectivity index (χ3n) is 6.86. The Morgan fingerprint density at radius 2 is 1.79 bits per heavy atom. The molecule has 0 bridgehead atoms. The summed E-state index contributed by atoms with van der Waals surface area (Å²) in [6.45, 7) is 1.68. The van der Waals surface area contributed by atoms with Crippen LogP contribution in [0.25, 0.3) is 0 Å². The lowest BCUT2D eigenvalue weighted by atomic mass is 9.67. The van der Waals surface area contributed by atoms with Crippen LogP contribution in [0.1, 0.15) is 30.9 Å². The molecule has 0 amide bonds. The number of nitrogens with zero attached hydrogens (tertiary/aromatic N) is 3. The molecular formula is C24H23N3O7. The molecule has 0 saturated carbocycles. The Labute approximate surface area is 193 Å². The van der Waals surface area contributed by atoms with Crippen molar-refractivity contribution in [1.82, 2.24) is 13.9 Å². The van der Waals surface area contributed by atoms with E-state index in [-0.39, 0.29) is 47.2 Å². The first-order valence-electron chi connectivity index (χ1n) is 10.7. The maximum absolute atomic E-state index is 13.4. The van der Waals surface area contributed by atoms with Crippen molar-refractivity contribution in [2.24, 2.45) is 7.05 Å². The van der Waals surface area contributed by atoms with Crippen molar-refractivity contribution < 1.29 is 24.2 Å². The number of phenolic OH excluding ortho intramolecular Hbond substituents is 1. The molecule has 0 radical (unpaired) electrons. The van der Waals surface area contributed by atoms with E-state index in [1.165, 1.54) is 42.8 Å². The van der Waals surface area contributed by atoms with Gasteiger partial charge in [-0.05, 0) is 18.6 Å². The van der Waals surface area contributed by atoms with Gasteiger partial charge in [0.1, 0.15) is 17.2 Å². The van der Waals surface area contributed by atoms with Gasteiger partial charge in [-0.1, -0.05) is 6.08 Å². The monoisotopic (exact) mass is 465 g/mol. The second kappa shape index (κ2) is 7.47. The molecule has 1 aromatic carbocycles. The molecule has 2 aliphatic carbocycles. The highest BCUT2D eigenvalue weighted by atomic mass is 16.5. The van der Waals surface area contributed by atoms with E-state index >= 15 is 0 Å². The van der Waals surface area contributed by atoms with Gasteiger partial charge in [0.15, 0.2) is 11.6 Å². The average Bonchev–Trinajstić information content (AvgIpc) is 3.05. The highest BCUT2D eigenvalue weighted by molar-refractivity contribution is 6.23. The number of ketones is 2. The van der Waals surface area contributed by atoms with Crippen LogP contribution in [0.15, 0.2) is 56.2 Å². The first-order chi connectivity index (χ1) is 16.2. The number of phenols is 1. The Kier molecular flexibility index (Phi) is 4.78. The fourth-order valence-corrected chi connectivity index (χ4v) is 5.24. The molecule has 1 aliphatic heterocycles. The summed E-state index contributed by atoms with van der Waals surface area (Å²) < 4.78 is 14.5. The molecule has 0 fully saturated rings. The van der Waals surface area contributed by atoms with Gasteiger partial charge in [-0.2, -0.15) is 0 Å². The number of benzene rings is 1. The Hall–Kier alpha value is -4.08. The van der Waals surface area contributed by atoms with Crippen molar-refractivity contribution in [2.45, 2.75) is 31.8 Å². The fraction of sp³-hybridized carbons (Fsp3) is 0.333. The number of rotatable bonds is 3. The van der Waals surface area contributed by atoms with Crippen LogP contribution in [0.4, 0.5) is 0 Å². The second-order valence-electron chi connectivity index (χ2n) is 8.58. The minimum atomic E-state index is -0.856. The first kappa shape index (κ1) is 21.7. The fourth-order valence-electron chi connectivity index (χ4n) is 5.24. The summed E-state index contributed by atoms with van der Waals surface area (Å²) in [5.41, 5.74) is 0.759. The van der Waals surface area contributed by atoms with Crippen molar-refractivity contribution >= 4 is 11.6 Å². The van der Waals surface area contributed by atoms with E-state index in [0.717, 1.165) is 4.57 Å². The number of hydrogen-bond acceptors (Lipinski definition) is 7. The standard InChI is InChI=1S/C24H23N3O7/c1-11-7-16(28)14-10-15-13(5-6-26-23(31)25(2)24(32)27(15)26)19(20(14)22(11)30)21-17(29)8-12(33-3)9-18(21)34-4/h5,7-9,15,19,29H,6,10H2,1-4H3/t15-,19+/m1/s1. The summed E-state index contributed by atoms with van der Waals surface area (Å²) in [5, 5.41) is 11.0. The van der Waals surface area contributed by atoms with Crippen LogP contribution in [-0.4, -0.2) is 44.8 Å². The van der Waals surface area contributed by atoms with Gasteiger partial charge in [0.25, 0.3) is 0 Å². The molecule has 3 aliphatic rings. The summed E-state index contributed by atoms with van der Waals surface area (Å²) in [7, 11) is 4.28. The topological polar surface area (TPSA) is 122 Å². The Morgan fingerprint density at radius 1 is 1.06 bits per heavy atom. The number of allylic oxidation sites excluding steroid dienone is 6. The number of fused-ring (bicyclic) bond motifs is 3. The Balaban J connectivity index is 1.83. The lowest BCUT2D eigenvalue weighted by Crippen LogP contribution is -2.40. The van der Waals surface area contributed by atoms with Crippen molar-refractivity contribution in [3.63, 3.8) is 0 Å². The summed E-state index contributed by atoms with van der Waals surface area (Å²) in [6, 6.07) is 2.31. The highest BCUT2D eigenvalue weighted by Crippen LogP contribution is 2.54.